The Morgan fingerprint density at radius 2 is 1.83 bits per heavy atom. The van der Waals surface area contributed by atoms with Crippen molar-refractivity contribution in [2.75, 3.05) is 7.05 Å². The van der Waals surface area contributed by atoms with E-state index >= 15 is 0 Å². The van der Waals surface area contributed by atoms with E-state index in [4.69, 9.17) is 11.6 Å². The number of carbonyl (C=O) groups excluding carboxylic acids is 1. The van der Waals surface area contributed by atoms with Crippen LogP contribution in [-0.4, -0.2) is 17.8 Å². The first-order valence-electron chi connectivity index (χ1n) is 7.58. The van der Waals surface area contributed by atoms with Gasteiger partial charge < -0.3 is 5.43 Å². The van der Waals surface area contributed by atoms with Crippen LogP contribution in [0.2, 0.25) is 5.02 Å². The number of hydrogen-bond acceptors (Lipinski definition) is 4. The lowest BCUT2D eigenvalue weighted by atomic mass is 9.97. The highest BCUT2D eigenvalue weighted by Crippen LogP contribution is 2.33. The number of allylic oxidation sites excluding steroid dienone is 1. The maximum atomic E-state index is 12.7. The molecule has 24 heavy (non-hydrogen) atoms. The van der Waals surface area contributed by atoms with Crippen molar-refractivity contribution < 1.29 is 4.79 Å². The summed E-state index contributed by atoms with van der Waals surface area (Å²) < 4.78 is 0. The van der Waals surface area contributed by atoms with Crippen molar-refractivity contribution >= 4 is 23.1 Å². The molecule has 1 aliphatic rings. The Morgan fingerprint density at radius 3 is 2.50 bits per heavy atom. The molecule has 0 fully saturated rings. The molecule has 3 rings (SSSR count). The molecular weight excluding hydrogens is 322 g/mol. The van der Waals surface area contributed by atoms with Gasteiger partial charge in [-0.25, -0.2) is 5.01 Å². The average molecular weight is 338 g/mol. The fraction of sp³-hybridized carbons (Fsp3) is 0.158. The van der Waals surface area contributed by atoms with Gasteiger partial charge in [-0.3, -0.25) is 4.79 Å². The van der Waals surface area contributed by atoms with E-state index in [1.807, 2.05) is 60.6 Å². The smallest absolute Gasteiger partial charge is 0.177 e. The van der Waals surface area contributed by atoms with Crippen molar-refractivity contribution in [2.24, 2.45) is 0 Å². The zero-order valence-electron chi connectivity index (χ0n) is 13.2. The molecule has 0 amide bonds. The molecule has 5 heteroatoms. The summed E-state index contributed by atoms with van der Waals surface area (Å²) in [6.45, 7) is 0. The number of halogens is 1. The number of hydrazine groups is 1. The van der Waals surface area contributed by atoms with Crippen molar-refractivity contribution in [1.29, 1.82) is 5.26 Å². The minimum atomic E-state index is -0.254. The minimum absolute atomic E-state index is 0.141. The molecule has 2 aromatic carbocycles. The second kappa shape index (κ2) is 6.88. The number of hydrogen-bond donors (Lipinski definition) is 1. The number of ketones is 1. The van der Waals surface area contributed by atoms with Gasteiger partial charge >= 0.3 is 0 Å². The molecule has 2 aromatic rings. The molecule has 120 valence electrons. The van der Waals surface area contributed by atoms with E-state index < -0.39 is 0 Å². The van der Waals surface area contributed by atoms with Crippen molar-refractivity contribution in [3.63, 3.8) is 0 Å². The van der Waals surface area contributed by atoms with E-state index in [1.165, 1.54) is 0 Å². The zero-order valence-corrected chi connectivity index (χ0v) is 13.9. The predicted molar refractivity (Wildman–Crippen MR) is 93.7 cm³/mol. The van der Waals surface area contributed by atoms with Gasteiger partial charge in [-0.2, -0.15) is 5.26 Å². The number of nitrogens with one attached hydrogen (secondary N) is 1. The number of carbonyl (C=O) groups is 1. The lowest BCUT2D eigenvalue weighted by Crippen LogP contribution is -2.35. The minimum Gasteiger partial charge on any atom is -0.317 e. The van der Waals surface area contributed by atoms with Crippen molar-refractivity contribution in [1.82, 2.24) is 10.4 Å². The van der Waals surface area contributed by atoms with Crippen molar-refractivity contribution in [2.45, 2.75) is 12.5 Å². The van der Waals surface area contributed by atoms with Gasteiger partial charge in [-0.1, -0.05) is 60.1 Å². The topological polar surface area (TPSA) is 56.1 Å². The van der Waals surface area contributed by atoms with Crippen LogP contribution in [0.4, 0.5) is 0 Å². The Kier molecular flexibility index (Phi) is 4.66. The molecular formula is C19H16ClN3O. The SMILES string of the molecule is CN1NC(c2ccccc2)=C(C#N)C(=O)CC1c1ccccc1Cl. The molecule has 0 bridgehead atoms. The Hall–Kier alpha value is -2.61. The maximum absolute atomic E-state index is 12.7. The monoisotopic (exact) mass is 337 g/mol. The van der Waals surface area contributed by atoms with Crippen LogP contribution in [0.15, 0.2) is 60.2 Å². The standard InChI is InChI=1S/C19H16ClN3O/c1-23-17(14-9-5-6-10-16(14)20)11-18(24)15(12-21)19(22-23)13-7-3-2-4-8-13/h2-10,17,22H,11H2,1H3. The first kappa shape index (κ1) is 16.3. The zero-order chi connectivity index (χ0) is 17.1. The van der Waals surface area contributed by atoms with Crippen molar-refractivity contribution in [3.8, 4) is 6.07 Å². The molecule has 1 aliphatic heterocycles. The van der Waals surface area contributed by atoms with E-state index in [1.54, 1.807) is 6.07 Å². The Balaban J connectivity index is 2.04. The summed E-state index contributed by atoms with van der Waals surface area (Å²) in [5.41, 5.74) is 5.54. The molecule has 1 N–H and O–H groups in total. The van der Waals surface area contributed by atoms with Gasteiger partial charge in [-0.15, -0.1) is 0 Å². The normalized spacial score (nSPS) is 18.7. The molecule has 1 heterocycles. The largest absolute Gasteiger partial charge is 0.317 e. The van der Waals surface area contributed by atoms with Crippen LogP contribution >= 0.6 is 11.6 Å². The Morgan fingerprint density at radius 1 is 1.17 bits per heavy atom. The molecule has 1 unspecified atom stereocenters. The summed E-state index contributed by atoms with van der Waals surface area (Å²) in [5.74, 6) is -0.196. The predicted octanol–water partition coefficient (Wildman–Crippen LogP) is 3.73. The number of Topliss-reactive ketones (excluding diaryl/α,β-unsaturated/α-hetero) is 1. The molecule has 0 saturated carbocycles. The maximum Gasteiger partial charge on any atom is 0.177 e. The van der Waals surface area contributed by atoms with Crippen LogP contribution in [0.25, 0.3) is 5.70 Å². The lowest BCUT2D eigenvalue weighted by molar-refractivity contribution is -0.116. The summed E-state index contributed by atoms with van der Waals surface area (Å²) >= 11 is 6.30. The van der Waals surface area contributed by atoms with Gasteiger partial charge in [0.25, 0.3) is 0 Å². The third-order valence-corrected chi connectivity index (χ3v) is 4.45. The van der Waals surface area contributed by atoms with E-state index in [0.717, 1.165) is 11.1 Å². The Labute approximate surface area is 145 Å². The fourth-order valence-corrected chi connectivity index (χ4v) is 3.12. The van der Waals surface area contributed by atoms with Gasteiger partial charge in [-0.05, 0) is 11.6 Å². The highest BCUT2D eigenvalue weighted by Gasteiger charge is 2.30. The molecule has 0 aromatic heterocycles. The van der Waals surface area contributed by atoms with E-state index in [-0.39, 0.29) is 23.8 Å². The second-order valence-corrected chi connectivity index (χ2v) is 6.02. The summed E-state index contributed by atoms with van der Waals surface area (Å²) in [6.07, 6.45) is 0.187. The highest BCUT2D eigenvalue weighted by molar-refractivity contribution is 6.31. The van der Waals surface area contributed by atoms with E-state index in [9.17, 15) is 10.1 Å². The van der Waals surface area contributed by atoms with E-state index in [2.05, 4.69) is 11.5 Å². The third-order valence-electron chi connectivity index (χ3n) is 4.10. The molecule has 0 aliphatic carbocycles. The average Bonchev–Trinajstić information content (AvgIpc) is 2.72. The summed E-state index contributed by atoms with van der Waals surface area (Å²) in [7, 11) is 1.85. The van der Waals surface area contributed by atoms with Crippen LogP contribution < -0.4 is 5.43 Å². The second-order valence-electron chi connectivity index (χ2n) is 5.62. The first-order valence-corrected chi connectivity index (χ1v) is 7.96. The highest BCUT2D eigenvalue weighted by atomic mass is 35.5. The van der Waals surface area contributed by atoms with Crippen LogP contribution in [0.5, 0.6) is 0 Å². The molecule has 0 spiro atoms. The molecule has 0 saturated heterocycles. The van der Waals surface area contributed by atoms with Gasteiger partial charge in [0.2, 0.25) is 0 Å². The lowest BCUT2D eigenvalue weighted by Gasteiger charge is -2.28. The number of nitriles is 1. The van der Waals surface area contributed by atoms with Gasteiger partial charge in [0.1, 0.15) is 11.6 Å². The van der Waals surface area contributed by atoms with Gasteiger partial charge in [0, 0.05) is 24.1 Å². The number of nitrogens with zero attached hydrogens (tertiary/aromatic N) is 2. The Bertz CT molecular complexity index is 839. The first-order chi connectivity index (χ1) is 11.6. The van der Waals surface area contributed by atoms with E-state index in [0.29, 0.717) is 10.7 Å². The van der Waals surface area contributed by atoms with Crippen molar-refractivity contribution in [3.05, 3.63) is 76.3 Å². The quantitative estimate of drug-likeness (QED) is 0.907. The number of benzene rings is 2. The van der Waals surface area contributed by atoms with Crippen LogP contribution in [0.1, 0.15) is 23.6 Å². The molecule has 1 atom stereocenters. The fourth-order valence-electron chi connectivity index (χ4n) is 2.86. The number of rotatable bonds is 2. The summed E-state index contributed by atoms with van der Waals surface area (Å²) in [4.78, 5) is 12.7. The molecule has 0 radical (unpaired) electrons. The molecule has 4 nitrogen and oxygen atoms in total. The van der Waals surface area contributed by atoms with Gasteiger partial charge in [0.05, 0.1) is 11.7 Å². The van der Waals surface area contributed by atoms with Crippen LogP contribution in [0.3, 0.4) is 0 Å². The van der Waals surface area contributed by atoms with Crippen LogP contribution in [-0.2, 0) is 4.79 Å². The van der Waals surface area contributed by atoms with Crippen LogP contribution in [0, 0.1) is 11.3 Å². The third kappa shape index (κ3) is 3.05. The van der Waals surface area contributed by atoms with Gasteiger partial charge in [0.15, 0.2) is 5.78 Å². The summed E-state index contributed by atoms with van der Waals surface area (Å²) in [6, 6.07) is 18.6. The summed E-state index contributed by atoms with van der Waals surface area (Å²) in [5, 5.41) is 11.9.